The molecule has 0 amide bonds. The molecule has 0 saturated carbocycles. The Balaban J connectivity index is -0.000000467. The third kappa shape index (κ3) is 10.2. The molecule has 0 saturated heterocycles. The molecule has 0 aliphatic heterocycles. The summed E-state index contributed by atoms with van der Waals surface area (Å²) in [5.41, 5.74) is -3.64. The minimum absolute atomic E-state index is 0. The molecular formula is C18H17BrF2Na3O5PS. The quantitative estimate of drug-likeness (QED) is 0.144. The first-order valence-electron chi connectivity index (χ1n) is 7.64. The van der Waals surface area contributed by atoms with Crippen LogP contribution in [0.3, 0.4) is 0 Å². The number of alkyl halides is 2. The number of carboxylic acids is 1. The maximum absolute atomic E-state index is 13.8. The molecule has 0 aliphatic rings. The summed E-state index contributed by atoms with van der Waals surface area (Å²) >= 11 is 4.35. The molecule has 0 bridgehead atoms. The van der Waals surface area contributed by atoms with E-state index in [-0.39, 0.29) is 103 Å². The number of carboxylic acid groups (broad SMARTS) is 1. The second-order valence-corrected chi connectivity index (χ2v) is 9.07. The molecule has 0 unspecified atom stereocenters. The average molecular weight is 563 g/mol. The first-order valence-corrected chi connectivity index (χ1v) is 11.2. The molecule has 2 aromatic carbocycles. The normalized spacial score (nSPS) is 10.5. The Morgan fingerprint density at radius 1 is 1.16 bits per heavy atom. The average Bonchev–Trinajstić information content (AvgIpc) is 2.60. The largest absolute Gasteiger partial charge is 1.00 e. The fraction of sp³-hybridized carbons (Fsp3) is 0.167. The minimum atomic E-state index is -5.63. The molecule has 0 aliphatic carbocycles. The van der Waals surface area contributed by atoms with Crippen molar-refractivity contribution >= 4 is 41.3 Å². The smallest absolute Gasteiger partial charge is 1.00 e. The Morgan fingerprint density at radius 2 is 1.81 bits per heavy atom. The van der Waals surface area contributed by atoms with Gasteiger partial charge in [-0.25, -0.2) is 4.79 Å². The Labute approximate surface area is 262 Å². The third-order valence-corrected chi connectivity index (χ3v) is 6.02. The van der Waals surface area contributed by atoms with Crippen molar-refractivity contribution in [3.05, 3.63) is 69.2 Å². The Bertz CT molecular complexity index is 1030. The van der Waals surface area contributed by atoms with Gasteiger partial charge in [0.05, 0.1) is 11.3 Å². The maximum atomic E-state index is 13.8. The summed E-state index contributed by atoms with van der Waals surface area (Å²) < 4.78 is 38.5. The van der Waals surface area contributed by atoms with Gasteiger partial charge in [-0.2, -0.15) is 8.78 Å². The first kappa shape index (κ1) is 34.5. The van der Waals surface area contributed by atoms with Gasteiger partial charge in [-0.1, -0.05) is 46.0 Å². The van der Waals surface area contributed by atoms with Gasteiger partial charge < -0.3 is 19.2 Å². The number of benzene rings is 2. The summed E-state index contributed by atoms with van der Waals surface area (Å²) in [4.78, 5) is 28.6. The van der Waals surface area contributed by atoms with E-state index in [1.807, 2.05) is 0 Å². The van der Waals surface area contributed by atoms with E-state index in [9.17, 15) is 18.1 Å². The Hall–Kier alpha value is 1.31. The summed E-state index contributed by atoms with van der Waals surface area (Å²) in [7, 11) is -5.63. The van der Waals surface area contributed by atoms with Crippen LogP contribution in [-0.4, -0.2) is 26.6 Å². The van der Waals surface area contributed by atoms with Crippen LogP contribution in [0, 0.1) is 11.8 Å². The first-order chi connectivity index (χ1) is 13.0. The van der Waals surface area contributed by atoms with E-state index < -0.39 is 24.8 Å². The van der Waals surface area contributed by atoms with Crippen LogP contribution < -0.4 is 88.7 Å². The predicted molar refractivity (Wildman–Crippen MR) is 110 cm³/mol. The molecule has 3 N–H and O–H groups in total. The molecule has 5 nitrogen and oxygen atoms in total. The van der Waals surface area contributed by atoms with Gasteiger partial charge in [0, 0.05) is 21.4 Å². The van der Waals surface area contributed by atoms with Crippen LogP contribution in [-0.2, 0) is 16.0 Å². The van der Waals surface area contributed by atoms with Crippen LogP contribution in [0.15, 0.2) is 46.9 Å². The van der Waals surface area contributed by atoms with Crippen molar-refractivity contribution in [3.8, 4) is 11.8 Å². The molecular weight excluding hydrogens is 546 g/mol. The third-order valence-electron chi connectivity index (χ3n) is 3.51. The van der Waals surface area contributed by atoms with Crippen molar-refractivity contribution in [3.63, 3.8) is 0 Å². The summed E-state index contributed by atoms with van der Waals surface area (Å²) in [5.74, 6) is 5.59. The van der Waals surface area contributed by atoms with Gasteiger partial charge in [-0.3, -0.25) is 4.57 Å². The van der Waals surface area contributed by atoms with Gasteiger partial charge in [-0.05, 0) is 29.8 Å². The summed E-state index contributed by atoms with van der Waals surface area (Å²) in [6, 6.07) is 9.99. The second kappa shape index (κ2) is 15.3. The zero-order valence-corrected chi connectivity index (χ0v) is 26.4. The molecule has 2 rings (SSSR count). The van der Waals surface area contributed by atoms with Gasteiger partial charge >= 0.3 is 108 Å². The summed E-state index contributed by atoms with van der Waals surface area (Å²) in [5, 5.41) is 8.94. The molecule has 13 heteroatoms. The summed E-state index contributed by atoms with van der Waals surface area (Å²) in [6.45, 7) is 0. The molecule has 31 heavy (non-hydrogen) atoms. The van der Waals surface area contributed by atoms with E-state index in [1.165, 1.54) is 36.0 Å². The standard InChI is InChI=1S/C18H14BrF2O5PS.3Na.3H/c19-16-10-13(6-7-15(16)18(20,21)27(24,25)26)11-28-8-2-4-12-3-1-5-14(9-12)17(22)23;;;;;;/h1,3,5-7,9-10H,8,11H2,(H,22,23)(H2,24,25,26);;;;;;/q;3*+1;3*-1. The number of carbonyl (C=O) groups is 1. The van der Waals surface area contributed by atoms with E-state index in [4.69, 9.17) is 14.9 Å². The SMILES string of the molecule is O=C(O)c1cccc(C#CCSCc2ccc(C(F)(F)P(=O)(O)O)c(Br)c2)c1.[H-].[H-].[H-].[Na+].[Na+].[Na+]. The fourth-order valence-electron chi connectivity index (χ4n) is 2.14. The zero-order chi connectivity index (χ0) is 20.9. The summed E-state index contributed by atoms with van der Waals surface area (Å²) in [6.07, 6.45) is 0. The van der Waals surface area contributed by atoms with Crippen LogP contribution >= 0.6 is 35.3 Å². The zero-order valence-electron chi connectivity index (χ0n) is 20.1. The van der Waals surface area contributed by atoms with Gasteiger partial charge in [0.25, 0.3) is 0 Å². The molecule has 0 spiro atoms. The number of aromatic carboxylic acids is 1. The van der Waals surface area contributed by atoms with Crippen LogP contribution in [0.2, 0.25) is 0 Å². The van der Waals surface area contributed by atoms with Crippen LogP contribution in [0.4, 0.5) is 8.78 Å². The monoisotopic (exact) mass is 562 g/mol. The van der Waals surface area contributed by atoms with Gasteiger partial charge in [-0.15, -0.1) is 11.8 Å². The molecule has 0 aromatic heterocycles. The Kier molecular flexibility index (Phi) is 17.1. The Morgan fingerprint density at radius 3 is 2.35 bits per heavy atom. The molecule has 0 radical (unpaired) electrons. The number of thioether (sulfide) groups is 1. The molecule has 0 atom stereocenters. The number of halogens is 3. The van der Waals surface area contributed by atoms with Gasteiger partial charge in [0.1, 0.15) is 0 Å². The van der Waals surface area contributed by atoms with Crippen LogP contribution in [0.5, 0.6) is 0 Å². The minimum Gasteiger partial charge on any atom is -1.00 e. The topological polar surface area (TPSA) is 94.8 Å². The van der Waals surface area contributed by atoms with E-state index >= 15 is 0 Å². The second-order valence-electron chi connectivity index (χ2n) is 5.58. The van der Waals surface area contributed by atoms with Crippen molar-refractivity contribution in [2.75, 3.05) is 5.75 Å². The van der Waals surface area contributed by atoms with Gasteiger partial charge in [0.15, 0.2) is 0 Å². The number of rotatable bonds is 6. The maximum Gasteiger partial charge on any atom is 1.00 e. The molecule has 0 fully saturated rings. The van der Waals surface area contributed by atoms with Crippen molar-refractivity contribution in [2.24, 2.45) is 0 Å². The van der Waals surface area contributed by atoms with Crippen LogP contribution in [0.1, 0.15) is 31.3 Å². The van der Waals surface area contributed by atoms with E-state index in [0.29, 0.717) is 22.6 Å². The van der Waals surface area contributed by atoms with Crippen LogP contribution in [0.25, 0.3) is 0 Å². The number of hydrogen-bond donors (Lipinski definition) is 3. The van der Waals surface area contributed by atoms with Crippen molar-refractivity contribution in [1.29, 1.82) is 0 Å². The van der Waals surface area contributed by atoms with Crippen molar-refractivity contribution in [2.45, 2.75) is 11.4 Å². The van der Waals surface area contributed by atoms with Crippen molar-refractivity contribution < 1.29 is 126 Å². The number of hydrogen-bond acceptors (Lipinski definition) is 3. The van der Waals surface area contributed by atoms with Gasteiger partial charge in [0.2, 0.25) is 0 Å². The fourth-order valence-corrected chi connectivity index (χ4v) is 4.17. The molecule has 2 aromatic rings. The predicted octanol–water partition coefficient (Wildman–Crippen LogP) is -3.99. The molecule has 0 heterocycles. The molecule has 154 valence electrons. The van der Waals surface area contributed by atoms with E-state index in [1.54, 1.807) is 12.1 Å². The van der Waals surface area contributed by atoms with E-state index in [2.05, 4.69) is 27.8 Å². The van der Waals surface area contributed by atoms with Crippen molar-refractivity contribution in [1.82, 2.24) is 0 Å². The van der Waals surface area contributed by atoms with E-state index in [0.717, 1.165) is 6.07 Å².